The number of carbonyl (C=O) groups is 1. The van der Waals surface area contributed by atoms with Crippen LogP contribution in [0.1, 0.15) is 43.0 Å². The lowest BCUT2D eigenvalue weighted by atomic mass is 9.84. The fraction of sp³-hybridized carbons (Fsp3) is 0.667. The summed E-state index contributed by atoms with van der Waals surface area (Å²) in [5, 5.41) is 3.13. The smallest absolute Gasteiger partial charge is 0.251 e. The Morgan fingerprint density at radius 2 is 1.89 bits per heavy atom. The number of nitrogens with one attached hydrogen (secondary N) is 1. The van der Waals surface area contributed by atoms with Crippen LogP contribution in [-0.4, -0.2) is 62.8 Å². The molecule has 0 radical (unpaired) electrons. The number of hydrogen-bond acceptors (Lipinski definition) is 4. The molecule has 154 valence electrons. The average Bonchev–Trinajstić information content (AvgIpc) is 3.32. The fourth-order valence-corrected chi connectivity index (χ4v) is 6.75. The molecule has 4 atom stereocenters. The molecular weight excluding hydrogens is 374 g/mol. The zero-order chi connectivity index (χ0) is 19.9. The second-order valence-electron chi connectivity index (χ2n) is 8.84. The van der Waals surface area contributed by atoms with Crippen LogP contribution >= 0.6 is 0 Å². The van der Waals surface area contributed by atoms with Gasteiger partial charge in [0.2, 0.25) is 10.0 Å². The molecular formula is C21H31N3O3S. The number of nitrogens with zero attached hydrogens (tertiary/aromatic N) is 2. The van der Waals surface area contributed by atoms with Gasteiger partial charge in [0.25, 0.3) is 5.91 Å². The SMILES string of the molecule is C[C@H](NC(=O)c1cccc(S(=O)(=O)N2CCN(C)CC2)c1)[C@@H]1C[C@H]2CC[C@H]1C2. The predicted molar refractivity (Wildman–Crippen MR) is 109 cm³/mol. The molecule has 1 N–H and O–H groups in total. The van der Waals surface area contributed by atoms with Crippen molar-refractivity contribution in [2.24, 2.45) is 17.8 Å². The number of likely N-dealkylation sites (N-methyl/N-ethyl adjacent to an activating group) is 1. The van der Waals surface area contributed by atoms with Crippen LogP contribution in [-0.2, 0) is 10.0 Å². The topological polar surface area (TPSA) is 69.7 Å². The maximum absolute atomic E-state index is 13.0. The number of amides is 1. The van der Waals surface area contributed by atoms with Crippen LogP contribution in [0.5, 0.6) is 0 Å². The minimum absolute atomic E-state index is 0.126. The van der Waals surface area contributed by atoms with Crippen LogP contribution in [0.25, 0.3) is 0 Å². The molecule has 3 fully saturated rings. The molecule has 1 heterocycles. The standard InChI is InChI=1S/C21H31N3O3S/c1-15(20-13-16-6-7-17(20)12-16)22-21(25)18-4-3-5-19(14-18)28(26,27)24-10-8-23(2)9-11-24/h3-5,14-17,20H,6-13H2,1-2H3,(H,22,25)/t15-,16-,17-,20-/m0/s1. The van der Waals surface area contributed by atoms with Gasteiger partial charge in [0.1, 0.15) is 0 Å². The first-order valence-corrected chi connectivity index (χ1v) is 11.9. The van der Waals surface area contributed by atoms with Gasteiger partial charge < -0.3 is 10.2 Å². The Labute approximate surface area is 168 Å². The third kappa shape index (κ3) is 3.84. The minimum atomic E-state index is -3.57. The molecule has 1 aromatic carbocycles. The largest absolute Gasteiger partial charge is 0.349 e. The van der Waals surface area contributed by atoms with Gasteiger partial charge in [-0.1, -0.05) is 12.5 Å². The first kappa shape index (κ1) is 19.9. The lowest BCUT2D eigenvalue weighted by Gasteiger charge is -2.31. The molecule has 0 spiro atoms. The van der Waals surface area contributed by atoms with Crippen molar-refractivity contribution in [3.63, 3.8) is 0 Å². The molecule has 1 saturated heterocycles. The molecule has 1 aliphatic heterocycles. The summed E-state index contributed by atoms with van der Waals surface area (Å²) in [6, 6.07) is 6.60. The first-order chi connectivity index (χ1) is 13.3. The van der Waals surface area contributed by atoms with E-state index >= 15 is 0 Å². The van der Waals surface area contributed by atoms with Crippen LogP contribution in [0, 0.1) is 17.8 Å². The van der Waals surface area contributed by atoms with Crippen molar-refractivity contribution in [3.05, 3.63) is 29.8 Å². The van der Waals surface area contributed by atoms with Crippen molar-refractivity contribution in [2.75, 3.05) is 33.2 Å². The zero-order valence-electron chi connectivity index (χ0n) is 16.8. The van der Waals surface area contributed by atoms with Crippen molar-refractivity contribution in [3.8, 4) is 0 Å². The summed E-state index contributed by atoms with van der Waals surface area (Å²) in [6.07, 6.45) is 5.15. The average molecular weight is 406 g/mol. The number of piperazine rings is 1. The highest BCUT2D eigenvalue weighted by atomic mass is 32.2. The van der Waals surface area contributed by atoms with Crippen LogP contribution in [0.3, 0.4) is 0 Å². The zero-order valence-corrected chi connectivity index (χ0v) is 17.6. The van der Waals surface area contributed by atoms with E-state index in [0.29, 0.717) is 24.6 Å². The van der Waals surface area contributed by atoms with Gasteiger partial charge in [0.05, 0.1) is 4.90 Å². The third-order valence-electron chi connectivity index (χ3n) is 6.99. The van der Waals surface area contributed by atoms with E-state index in [0.717, 1.165) is 24.9 Å². The Kier molecular flexibility index (Phi) is 5.51. The van der Waals surface area contributed by atoms with Gasteiger partial charge in [-0.25, -0.2) is 8.42 Å². The highest BCUT2D eigenvalue weighted by Crippen LogP contribution is 2.49. The van der Waals surface area contributed by atoms with Gasteiger partial charge in [0, 0.05) is 37.8 Å². The second kappa shape index (κ2) is 7.76. The number of sulfonamides is 1. The summed E-state index contributed by atoms with van der Waals surface area (Å²) in [5.41, 5.74) is 0.421. The molecule has 7 heteroatoms. The summed E-state index contributed by atoms with van der Waals surface area (Å²) in [5.74, 6) is 1.96. The predicted octanol–water partition coefficient (Wildman–Crippen LogP) is 2.18. The summed E-state index contributed by atoms with van der Waals surface area (Å²) < 4.78 is 27.4. The Hall–Kier alpha value is -1.44. The fourth-order valence-electron chi connectivity index (χ4n) is 5.28. The molecule has 2 aliphatic carbocycles. The van der Waals surface area contributed by atoms with Crippen molar-refractivity contribution >= 4 is 15.9 Å². The van der Waals surface area contributed by atoms with Crippen molar-refractivity contribution < 1.29 is 13.2 Å². The third-order valence-corrected chi connectivity index (χ3v) is 8.88. The van der Waals surface area contributed by atoms with Crippen molar-refractivity contribution in [1.29, 1.82) is 0 Å². The van der Waals surface area contributed by atoms with Gasteiger partial charge in [0.15, 0.2) is 0 Å². The molecule has 1 aromatic rings. The maximum atomic E-state index is 13.0. The highest BCUT2D eigenvalue weighted by Gasteiger charge is 2.42. The summed E-state index contributed by atoms with van der Waals surface area (Å²) in [7, 11) is -1.57. The number of hydrogen-bond donors (Lipinski definition) is 1. The number of benzene rings is 1. The van der Waals surface area contributed by atoms with Crippen molar-refractivity contribution in [1.82, 2.24) is 14.5 Å². The van der Waals surface area contributed by atoms with E-state index in [9.17, 15) is 13.2 Å². The summed E-state index contributed by atoms with van der Waals surface area (Å²) >= 11 is 0. The van der Waals surface area contributed by atoms with E-state index < -0.39 is 10.0 Å². The van der Waals surface area contributed by atoms with E-state index in [4.69, 9.17) is 0 Å². The van der Waals surface area contributed by atoms with Crippen LogP contribution in [0.15, 0.2) is 29.2 Å². The van der Waals surface area contributed by atoms with E-state index in [-0.39, 0.29) is 16.8 Å². The summed E-state index contributed by atoms with van der Waals surface area (Å²) in [6.45, 7) is 4.50. The quantitative estimate of drug-likeness (QED) is 0.815. The normalized spacial score (nSPS) is 29.7. The molecule has 3 aliphatic rings. The number of fused-ring (bicyclic) bond motifs is 2. The molecule has 28 heavy (non-hydrogen) atoms. The van der Waals surface area contributed by atoms with E-state index in [2.05, 4.69) is 17.1 Å². The van der Waals surface area contributed by atoms with Gasteiger partial charge in [-0.3, -0.25) is 4.79 Å². The number of rotatable bonds is 5. The maximum Gasteiger partial charge on any atom is 0.251 e. The Morgan fingerprint density at radius 1 is 1.14 bits per heavy atom. The Morgan fingerprint density at radius 3 is 2.54 bits per heavy atom. The van der Waals surface area contributed by atoms with Crippen LogP contribution in [0.2, 0.25) is 0 Å². The molecule has 4 rings (SSSR count). The monoisotopic (exact) mass is 405 g/mol. The van der Waals surface area contributed by atoms with E-state index in [1.165, 1.54) is 36.1 Å². The van der Waals surface area contributed by atoms with Crippen molar-refractivity contribution in [2.45, 2.75) is 43.5 Å². The second-order valence-corrected chi connectivity index (χ2v) is 10.8. The molecule has 0 unspecified atom stereocenters. The number of carbonyl (C=O) groups excluding carboxylic acids is 1. The van der Waals surface area contributed by atoms with Crippen LogP contribution in [0.4, 0.5) is 0 Å². The Bertz CT molecular complexity index is 833. The molecule has 0 aromatic heterocycles. The lowest BCUT2D eigenvalue weighted by Crippen LogP contribution is -2.47. The lowest BCUT2D eigenvalue weighted by molar-refractivity contribution is 0.0915. The van der Waals surface area contributed by atoms with E-state index in [1.54, 1.807) is 18.2 Å². The van der Waals surface area contributed by atoms with Gasteiger partial charge in [-0.05, 0) is 69.2 Å². The molecule has 2 saturated carbocycles. The Balaban J connectivity index is 1.45. The molecule has 2 bridgehead atoms. The summed E-state index contributed by atoms with van der Waals surface area (Å²) in [4.78, 5) is 15.1. The minimum Gasteiger partial charge on any atom is -0.349 e. The first-order valence-electron chi connectivity index (χ1n) is 10.4. The van der Waals surface area contributed by atoms with E-state index in [1.807, 2.05) is 7.05 Å². The van der Waals surface area contributed by atoms with Gasteiger partial charge in [-0.2, -0.15) is 4.31 Å². The van der Waals surface area contributed by atoms with Gasteiger partial charge in [-0.15, -0.1) is 0 Å². The molecule has 1 amide bonds. The highest BCUT2D eigenvalue weighted by molar-refractivity contribution is 7.89. The molecule has 6 nitrogen and oxygen atoms in total. The van der Waals surface area contributed by atoms with Gasteiger partial charge >= 0.3 is 0 Å². The van der Waals surface area contributed by atoms with Crippen LogP contribution < -0.4 is 5.32 Å².